The van der Waals surface area contributed by atoms with Crippen molar-refractivity contribution in [2.24, 2.45) is 7.05 Å². The molecule has 0 atom stereocenters. The van der Waals surface area contributed by atoms with E-state index in [1.165, 1.54) is 17.0 Å². The summed E-state index contributed by atoms with van der Waals surface area (Å²) in [5, 5.41) is 15.5. The van der Waals surface area contributed by atoms with Gasteiger partial charge in [0.05, 0.1) is 28.9 Å². The van der Waals surface area contributed by atoms with Crippen molar-refractivity contribution in [2.75, 3.05) is 0 Å². The first-order valence-electron chi connectivity index (χ1n) is 10.5. The zero-order valence-corrected chi connectivity index (χ0v) is 18.4. The normalized spacial score (nSPS) is 13.8. The van der Waals surface area contributed by atoms with E-state index in [0.717, 1.165) is 0 Å². The third-order valence-electron chi connectivity index (χ3n) is 6.01. The van der Waals surface area contributed by atoms with Crippen LogP contribution in [0.15, 0.2) is 48.8 Å². The van der Waals surface area contributed by atoms with Gasteiger partial charge in [-0.1, -0.05) is 24.3 Å². The predicted molar refractivity (Wildman–Crippen MR) is 119 cm³/mol. The maximum atomic E-state index is 15.3. The molecule has 168 valence electrons. The second-order valence-electron chi connectivity index (χ2n) is 8.84. The van der Waals surface area contributed by atoms with Crippen LogP contribution in [-0.4, -0.2) is 30.7 Å². The van der Waals surface area contributed by atoms with Crippen molar-refractivity contribution in [3.8, 4) is 11.1 Å². The van der Waals surface area contributed by atoms with Crippen LogP contribution in [0, 0.1) is 11.6 Å². The van der Waals surface area contributed by atoms with E-state index in [-0.39, 0.29) is 30.1 Å². The number of rotatable bonds is 4. The van der Waals surface area contributed by atoms with Gasteiger partial charge in [-0.2, -0.15) is 5.10 Å². The maximum absolute atomic E-state index is 15.3. The van der Waals surface area contributed by atoms with Crippen molar-refractivity contribution in [3.05, 3.63) is 82.8 Å². The standard InChI is InChI=1S/C25H22F2N4O2/c1-25(2,33)19-9-8-15(18-12-30(3)29-23(18)19)16-7-6-14(21(26)22(16)27)11-31-13-20-17(24(31)32)5-4-10-28-20/h4-10,12,33H,11,13H2,1-3H3. The number of pyridine rings is 1. The van der Waals surface area contributed by atoms with E-state index >= 15 is 8.78 Å². The molecule has 0 radical (unpaired) electrons. The summed E-state index contributed by atoms with van der Waals surface area (Å²) < 4.78 is 32.0. The highest BCUT2D eigenvalue weighted by Crippen LogP contribution is 2.37. The lowest BCUT2D eigenvalue weighted by molar-refractivity contribution is 0.0763. The fraction of sp³-hybridized carbons (Fsp3) is 0.240. The molecule has 0 saturated heterocycles. The molecule has 1 aliphatic rings. The van der Waals surface area contributed by atoms with Gasteiger partial charge < -0.3 is 10.0 Å². The van der Waals surface area contributed by atoms with E-state index in [4.69, 9.17) is 0 Å². The molecule has 2 aromatic heterocycles. The average molecular weight is 448 g/mol. The van der Waals surface area contributed by atoms with E-state index in [1.54, 1.807) is 62.2 Å². The SMILES string of the molecule is Cn1cc2c(-c3ccc(CN4Cc5ncccc5C4=O)c(F)c3F)ccc(C(C)(C)O)c2n1. The minimum Gasteiger partial charge on any atom is -0.386 e. The van der Waals surface area contributed by atoms with E-state index < -0.39 is 17.2 Å². The minimum absolute atomic E-state index is 0.0574. The summed E-state index contributed by atoms with van der Waals surface area (Å²) in [5.41, 5.74) is 1.75. The summed E-state index contributed by atoms with van der Waals surface area (Å²) in [6, 6.07) is 9.73. The molecular weight excluding hydrogens is 426 g/mol. The number of halogens is 2. The number of fused-ring (bicyclic) bond motifs is 2. The molecule has 0 saturated carbocycles. The summed E-state index contributed by atoms with van der Waals surface area (Å²) in [5.74, 6) is -2.23. The van der Waals surface area contributed by atoms with Crippen molar-refractivity contribution in [2.45, 2.75) is 32.5 Å². The summed E-state index contributed by atoms with van der Waals surface area (Å²) in [6.45, 7) is 3.50. The van der Waals surface area contributed by atoms with Gasteiger partial charge in [-0.05, 0) is 31.5 Å². The molecule has 2 aromatic carbocycles. The van der Waals surface area contributed by atoms with E-state index in [0.29, 0.717) is 33.3 Å². The lowest BCUT2D eigenvalue weighted by atomic mass is 9.91. The third kappa shape index (κ3) is 3.47. The van der Waals surface area contributed by atoms with Crippen LogP contribution in [0.1, 0.15) is 41.0 Å². The van der Waals surface area contributed by atoms with E-state index in [2.05, 4.69) is 10.1 Å². The van der Waals surface area contributed by atoms with Crippen LogP contribution in [0.5, 0.6) is 0 Å². The number of amides is 1. The van der Waals surface area contributed by atoms with Crippen LogP contribution in [0.4, 0.5) is 8.78 Å². The summed E-state index contributed by atoms with van der Waals surface area (Å²) in [6.07, 6.45) is 3.32. The molecule has 0 aliphatic carbocycles. The van der Waals surface area contributed by atoms with Gasteiger partial charge in [-0.25, -0.2) is 8.78 Å². The molecule has 8 heteroatoms. The van der Waals surface area contributed by atoms with Gasteiger partial charge in [0.1, 0.15) is 0 Å². The Kier molecular flexibility index (Phi) is 4.79. The molecule has 1 aliphatic heterocycles. The number of hydrogen-bond donors (Lipinski definition) is 1. The molecule has 3 heterocycles. The zero-order valence-electron chi connectivity index (χ0n) is 18.4. The highest BCUT2D eigenvalue weighted by molar-refractivity contribution is 5.98. The Labute approximate surface area is 189 Å². The fourth-order valence-electron chi connectivity index (χ4n) is 4.38. The predicted octanol–water partition coefficient (Wildman–Crippen LogP) is 4.30. The van der Waals surface area contributed by atoms with Crippen LogP contribution in [0.2, 0.25) is 0 Å². The zero-order chi connectivity index (χ0) is 23.5. The lowest BCUT2D eigenvalue weighted by Gasteiger charge is -2.20. The highest BCUT2D eigenvalue weighted by atomic mass is 19.2. The molecule has 4 aromatic rings. The summed E-state index contributed by atoms with van der Waals surface area (Å²) in [4.78, 5) is 18.2. The number of carbonyl (C=O) groups excluding carboxylic acids is 1. The van der Waals surface area contributed by atoms with Gasteiger partial charge in [-0.3, -0.25) is 14.5 Å². The largest absolute Gasteiger partial charge is 0.386 e. The van der Waals surface area contributed by atoms with Crippen LogP contribution in [-0.2, 0) is 25.7 Å². The number of hydrogen-bond acceptors (Lipinski definition) is 4. The third-order valence-corrected chi connectivity index (χ3v) is 6.01. The fourth-order valence-corrected chi connectivity index (χ4v) is 4.38. The minimum atomic E-state index is -1.15. The number of nitrogens with zero attached hydrogens (tertiary/aromatic N) is 4. The first-order chi connectivity index (χ1) is 15.6. The smallest absolute Gasteiger partial charge is 0.256 e. The van der Waals surface area contributed by atoms with Crippen LogP contribution < -0.4 is 0 Å². The van der Waals surface area contributed by atoms with Gasteiger partial charge >= 0.3 is 0 Å². The van der Waals surface area contributed by atoms with Gasteiger partial charge in [0.15, 0.2) is 11.6 Å². The number of carbonyl (C=O) groups is 1. The molecule has 1 amide bonds. The van der Waals surface area contributed by atoms with Crippen LogP contribution in [0.25, 0.3) is 22.0 Å². The average Bonchev–Trinajstić information content (AvgIpc) is 3.30. The second-order valence-corrected chi connectivity index (χ2v) is 8.84. The van der Waals surface area contributed by atoms with Crippen molar-refractivity contribution >= 4 is 16.8 Å². The van der Waals surface area contributed by atoms with Crippen LogP contribution in [0.3, 0.4) is 0 Å². The van der Waals surface area contributed by atoms with Gasteiger partial charge in [-0.15, -0.1) is 0 Å². The maximum Gasteiger partial charge on any atom is 0.256 e. The molecule has 0 fully saturated rings. The summed E-state index contributed by atoms with van der Waals surface area (Å²) >= 11 is 0. The van der Waals surface area contributed by atoms with Crippen molar-refractivity contribution in [1.29, 1.82) is 0 Å². The summed E-state index contributed by atoms with van der Waals surface area (Å²) in [7, 11) is 1.73. The lowest BCUT2D eigenvalue weighted by Crippen LogP contribution is -2.24. The molecule has 1 N–H and O–H groups in total. The molecule has 5 rings (SSSR count). The van der Waals surface area contributed by atoms with E-state index in [9.17, 15) is 9.90 Å². The van der Waals surface area contributed by atoms with Crippen molar-refractivity contribution < 1.29 is 18.7 Å². The highest BCUT2D eigenvalue weighted by Gasteiger charge is 2.30. The Morgan fingerprint density at radius 1 is 1.06 bits per heavy atom. The van der Waals surface area contributed by atoms with E-state index in [1.807, 2.05) is 0 Å². The van der Waals surface area contributed by atoms with Gasteiger partial charge in [0.25, 0.3) is 5.91 Å². The number of aliphatic hydroxyl groups is 1. The molecule has 6 nitrogen and oxygen atoms in total. The second kappa shape index (κ2) is 7.45. The first kappa shape index (κ1) is 21.2. The number of aromatic nitrogens is 3. The number of benzene rings is 2. The molecule has 0 bridgehead atoms. The first-order valence-corrected chi connectivity index (χ1v) is 10.5. The topological polar surface area (TPSA) is 71.2 Å². The number of aryl methyl sites for hydroxylation is 1. The van der Waals surface area contributed by atoms with Crippen molar-refractivity contribution in [3.63, 3.8) is 0 Å². The molecule has 33 heavy (non-hydrogen) atoms. The Bertz CT molecular complexity index is 1420. The quantitative estimate of drug-likeness (QED) is 0.506. The molecule has 0 unspecified atom stereocenters. The Hall–Kier alpha value is -3.65. The Balaban J connectivity index is 1.53. The van der Waals surface area contributed by atoms with Crippen molar-refractivity contribution in [1.82, 2.24) is 19.7 Å². The van der Waals surface area contributed by atoms with Crippen LogP contribution >= 0.6 is 0 Å². The van der Waals surface area contributed by atoms with Gasteiger partial charge in [0.2, 0.25) is 0 Å². The van der Waals surface area contributed by atoms with Gasteiger partial charge in [0, 0.05) is 48.1 Å². The monoisotopic (exact) mass is 448 g/mol. The Morgan fingerprint density at radius 2 is 1.82 bits per heavy atom. The molecule has 0 spiro atoms. The Morgan fingerprint density at radius 3 is 2.55 bits per heavy atom. The molecular formula is C25H22F2N4O2.